The number of carbonyl (C=O) groups is 1. The van der Waals surface area contributed by atoms with Gasteiger partial charge in [-0.15, -0.1) is 0 Å². The molecule has 1 aromatic heterocycles. The Hall–Kier alpha value is -2.98. The minimum atomic E-state index is -0.220. The van der Waals surface area contributed by atoms with Gasteiger partial charge in [0.2, 0.25) is 5.91 Å². The summed E-state index contributed by atoms with van der Waals surface area (Å²) in [5.74, 6) is 0.181. The van der Waals surface area contributed by atoms with Crippen LogP contribution in [0.4, 0.5) is 0 Å². The van der Waals surface area contributed by atoms with Crippen LogP contribution in [0, 0.1) is 12.8 Å². The number of aromatic nitrogens is 1. The van der Waals surface area contributed by atoms with E-state index in [9.17, 15) is 4.79 Å². The maximum absolute atomic E-state index is 13.2. The minimum Gasteiger partial charge on any atom is -0.343 e. The van der Waals surface area contributed by atoms with Gasteiger partial charge in [0.25, 0.3) is 0 Å². The third kappa shape index (κ3) is 4.95. The Morgan fingerprint density at radius 2 is 1.67 bits per heavy atom. The number of benzene rings is 2. The van der Waals surface area contributed by atoms with E-state index < -0.39 is 0 Å². The molecule has 4 rings (SSSR count). The van der Waals surface area contributed by atoms with E-state index in [1.165, 1.54) is 5.56 Å². The number of pyridine rings is 1. The number of nitrogens with one attached hydrogen (secondary N) is 1. The molecule has 0 spiro atoms. The molecule has 3 aromatic rings. The van der Waals surface area contributed by atoms with Crippen LogP contribution in [0.1, 0.15) is 41.3 Å². The maximum Gasteiger partial charge on any atom is 0.224 e. The van der Waals surface area contributed by atoms with Gasteiger partial charge in [-0.2, -0.15) is 0 Å². The zero-order valence-corrected chi connectivity index (χ0v) is 17.5. The first kappa shape index (κ1) is 20.3. The van der Waals surface area contributed by atoms with Crippen LogP contribution in [0.5, 0.6) is 0 Å². The fourth-order valence-electron chi connectivity index (χ4n) is 4.21. The van der Waals surface area contributed by atoms with Crippen molar-refractivity contribution >= 4 is 5.91 Å². The SMILES string of the molecule is Cc1cccnc1C(NC(=O)C1CCN(Cc2ccccc2)CC1)c1ccccc1. The lowest BCUT2D eigenvalue weighted by atomic mass is 9.93. The highest BCUT2D eigenvalue weighted by Crippen LogP contribution is 2.25. The molecule has 4 nitrogen and oxygen atoms in total. The Morgan fingerprint density at radius 1 is 1.00 bits per heavy atom. The molecule has 0 saturated carbocycles. The van der Waals surface area contributed by atoms with Crippen LogP contribution in [-0.4, -0.2) is 28.9 Å². The first-order valence-corrected chi connectivity index (χ1v) is 10.7. The number of amides is 1. The number of nitrogens with zero attached hydrogens (tertiary/aromatic N) is 2. The van der Waals surface area contributed by atoms with Crippen molar-refractivity contribution in [3.63, 3.8) is 0 Å². The summed E-state index contributed by atoms with van der Waals surface area (Å²) in [6.45, 7) is 4.90. The lowest BCUT2D eigenvalue weighted by molar-refractivity contribution is -0.127. The Kier molecular flexibility index (Phi) is 6.55. The Morgan fingerprint density at radius 3 is 2.33 bits per heavy atom. The third-order valence-electron chi connectivity index (χ3n) is 5.95. The van der Waals surface area contributed by atoms with Crippen molar-refractivity contribution in [3.05, 3.63) is 101 Å². The number of hydrogen-bond donors (Lipinski definition) is 1. The Labute approximate surface area is 179 Å². The molecule has 2 aromatic carbocycles. The number of carbonyl (C=O) groups excluding carboxylic acids is 1. The standard InChI is InChI=1S/C26H29N3O/c1-20-9-8-16-27-24(20)25(22-12-6-3-7-13-22)28-26(30)23-14-17-29(18-15-23)19-21-10-4-2-5-11-21/h2-13,16,23,25H,14-15,17-19H2,1H3,(H,28,30). The molecular weight excluding hydrogens is 370 g/mol. The van der Waals surface area contributed by atoms with Crippen molar-refractivity contribution in [1.82, 2.24) is 15.2 Å². The second kappa shape index (κ2) is 9.68. The van der Waals surface area contributed by atoms with E-state index in [0.29, 0.717) is 0 Å². The van der Waals surface area contributed by atoms with Crippen LogP contribution in [0.3, 0.4) is 0 Å². The average Bonchev–Trinajstić information content (AvgIpc) is 2.80. The van der Waals surface area contributed by atoms with E-state index in [-0.39, 0.29) is 17.9 Å². The molecule has 1 aliphatic rings. The van der Waals surface area contributed by atoms with Crippen molar-refractivity contribution < 1.29 is 4.79 Å². The zero-order chi connectivity index (χ0) is 20.8. The number of likely N-dealkylation sites (tertiary alicyclic amines) is 1. The van der Waals surface area contributed by atoms with Crippen molar-refractivity contribution in [2.45, 2.75) is 32.4 Å². The van der Waals surface area contributed by atoms with Crippen LogP contribution in [-0.2, 0) is 11.3 Å². The van der Waals surface area contributed by atoms with Crippen molar-refractivity contribution in [2.75, 3.05) is 13.1 Å². The molecule has 0 aliphatic carbocycles. The highest BCUT2D eigenvalue weighted by atomic mass is 16.2. The van der Waals surface area contributed by atoms with Crippen molar-refractivity contribution in [2.24, 2.45) is 5.92 Å². The van der Waals surface area contributed by atoms with Gasteiger partial charge in [0.15, 0.2) is 0 Å². The summed E-state index contributed by atoms with van der Waals surface area (Å²) in [7, 11) is 0. The number of aryl methyl sites for hydroxylation is 1. The fourth-order valence-corrected chi connectivity index (χ4v) is 4.21. The molecule has 1 saturated heterocycles. The van der Waals surface area contributed by atoms with Gasteiger partial charge in [0, 0.05) is 18.7 Å². The van der Waals surface area contributed by atoms with E-state index in [1.54, 1.807) is 6.20 Å². The predicted molar refractivity (Wildman–Crippen MR) is 120 cm³/mol. The fraction of sp³-hybridized carbons (Fsp3) is 0.308. The van der Waals surface area contributed by atoms with Crippen LogP contribution in [0.2, 0.25) is 0 Å². The molecule has 1 N–H and O–H groups in total. The van der Waals surface area contributed by atoms with Gasteiger partial charge in [-0.3, -0.25) is 14.7 Å². The maximum atomic E-state index is 13.2. The van der Waals surface area contributed by atoms with E-state index in [0.717, 1.165) is 49.3 Å². The highest BCUT2D eigenvalue weighted by molar-refractivity contribution is 5.79. The summed E-state index contributed by atoms with van der Waals surface area (Å²) in [6.07, 6.45) is 3.58. The van der Waals surface area contributed by atoms with E-state index in [4.69, 9.17) is 0 Å². The Balaban J connectivity index is 1.42. The smallest absolute Gasteiger partial charge is 0.224 e. The molecule has 1 atom stereocenters. The topological polar surface area (TPSA) is 45.2 Å². The number of piperidine rings is 1. The minimum absolute atomic E-state index is 0.0484. The molecular formula is C26H29N3O. The largest absolute Gasteiger partial charge is 0.343 e. The number of hydrogen-bond acceptors (Lipinski definition) is 3. The second-order valence-corrected chi connectivity index (χ2v) is 8.09. The summed E-state index contributed by atoms with van der Waals surface area (Å²) in [5, 5.41) is 3.30. The van der Waals surface area contributed by atoms with Gasteiger partial charge < -0.3 is 5.32 Å². The lowest BCUT2D eigenvalue weighted by Crippen LogP contribution is -2.41. The molecule has 0 radical (unpaired) electrons. The highest BCUT2D eigenvalue weighted by Gasteiger charge is 2.28. The molecule has 1 amide bonds. The van der Waals surface area contributed by atoms with Gasteiger partial charge in [0.1, 0.15) is 0 Å². The first-order chi connectivity index (χ1) is 14.7. The van der Waals surface area contributed by atoms with Gasteiger partial charge in [-0.1, -0.05) is 66.7 Å². The normalized spacial score (nSPS) is 16.2. The van der Waals surface area contributed by atoms with Gasteiger partial charge in [-0.05, 0) is 55.6 Å². The summed E-state index contributed by atoms with van der Waals surface area (Å²) in [6, 6.07) is 24.4. The molecule has 30 heavy (non-hydrogen) atoms. The van der Waals surface area contributed by atoms with Crippen LogP contribution in [0.15, 0.2) is 79.0 Å². The van der Waals surface area contributed by atoms with Gasteiger partial charge in [0.05, 0.1) is 11.7 Å². The number of rotatable bonds is 6. The second-order valence-electron chi connectivity index (χ2n) is 8.09. The average molecular weight is 400 g/mol. The quantitative estimate of drug-likeness (QED) is 0.663. The summed E-state index contributed by atoms with van der Waals surface area (Å²) in [5.41, 5.74) is 4.40. The van der Waals surface area contributed by atoms with Crippen LogP contribution >= 0.6 is 0 Å². The van der Waals surface area contributed by atoms with Gasteiger partial charge >= 0.3 is 0 Å². The summed E-state index contributed by atoms with van der Waals surface area (Å²) >= 11 is 0. The van der Waals surface area contributed by atoms with E-state index >= 15 is 0 Å². The monoisotopic (exact) mass is 399 g/mol. The van der Waals surface area contributed by atoms with Crippen LogP contribution < -0.4 is 5.32 Å². The third-order valence-corrected chi connectivity index (χ3v) is 5.95. The molecule has 4 heteroatoms. The van der Waals surface area contributed by atoms with E-state index in [1.807, 2.05) is 43.3 Å². The van der Waals surface area contributed by atoms with Crippen molar-refractivity contribution in [1.29, 1.82) is 0 Å². The summed E-state index contributed by atoms with van der Waals surface area (Å²) < 4.78 is 0. The molecule has 1 aliphatic heterocycles. The Bertz CT molecular complexity index is 950. The predicted octanol–water partition coefficient (Wildman–Crippen LogP) is 4.51. The van der Waals surface area contributed by atoms with E-state index in [2.05, 4.69) is 51.6 Å². The first-order valence-electron chi connectivity index (χ1n) is 10.7. The molecule has 0 bridgehead atoms. The lowest BCUT2D eigenvalue weighted by Gasteiger charge is -2.32. The molecule has 2 heterocycles. The van der Waals surface area contributed by atoms with Crippen LogP contribution in [0.25, 0.3) is 0 Å². The molecule has 154 valence electrons. The molecule has 1 fully saturated rings. The van der Waals surface area contributed by atoms with Gasteiger partial charge in [-0.25, -0.2) is 0 Å². The molecule has 1 unspecified atom stereocenters. The summed E-state index contributed by atoms with van der Waals surface area (Å²) in [4.78, 5) is 20.2. The zero-order valence-electron chi connectivity index (χ0n) is 17.5. The van der Waals surface area contributed by atoms with Crippen molar-refractivity contribution in [3.8, 4) is 0 Å².